The lowest BCUT2D eigenvalue weighted by Crippen LogP contribution is -2.45. The van der Waals surface area contributed by atoms with E-state index in [1.54, 1.807) is 0 Å². The van der Waals surface area contributed by atoms with Crippen LogP contribution in [0.2, 0.25) is 0 Å². The van der Waals surface area contributed by atoms with Crippen molar-refractivity contribution in [2.45, 2.75) is 39.2 Å². The zero-order valence-electron chi connectivity index (χ0n) is 12.2. The summed E-state index contributed by atoms with van der Waals surface area (Å²) in [6.45, 7) is 4.98. The van der Waals surface area contributed by atoms with Crippen LogP contribution in [0.1, 0.15) is 33.1 Å². The van der Waals surface area contributed by atoms with E-state index in [4.69, 9.17) is 0 Å². The van der Waals surface area contributed by atoms with Gasteiger partial charge in [-0.05, 0) is 37.0 Å². The van der Waals surface area contributed by atoms with Crippen molar-refractivity contribution in [3.63, 3.8) is 0 Å². The normalized spacial score (nSPS) is 34.8. The number of carbonyl (C=O) groups is 2. The maximum absolute atomic E-state index is 12.9. The summed E-state index contributed by atoms with van der Waals surface area (Å²) in [4.78, 5) is 26.4. The molecule has 0 saturated heterocycles. The number of hydrogen-bond acceptors (Lipinski definition) is 2. The van der Waals surface area contributed by atoms with Crippen LogP contribution in [0.3, 0.4) is 0 Å². The van der Waals surface area contributed by atoms with E-state index in [0.29, 0.717) is 12.0 Å². The summed E-state index contributed by atoms with van der Waals surface area (Å²) in [6, 6.07) is 0.363. The second-order valence-corrected chi connectivity index (χ2v) is 6.95. The number of carboxylic acid groups (broad SMARTS) is 1. The topological polar surface area (TPSA) is 57.6 Å². The zero-order valence-corrected chi connectivity index (χ0v) is 12.2. The van der Waals surface area contributed by atoms with E-state index in [1.807, 2.05) is 11.0 Å². The van der Waals surface area contributed by atoms with E-state index < -0.39 is 11.9 Å². The zero-order chi connectivity index (χ0) is 14.4. The van der Waals surface area contributed by atoms with Gasteiger partial charge in [-0.1, -0.05) is 26.0 Å². The van der Waals surface area contributed by atoms with Crippen molar-refractivity contribution in [2.24, 2.45) is 29.6 Å². The largest absolute Gasteiger partial charge is 0.481 e. The molecule has 0 spiro atoms. The summed E-state index contributed by atoms with van der Waals surface area (Å²) >= 11 is 0. The van der Waals surface area contributed by atoms with Crippen LogP contribution in [0.15, 0.2) is 12.2 Å². The molecule has 0 aromatic carbocycles. The molecule has 3 rings (SSSR count). The molecule has 0 radical (unpaired) electrons. The lowest BCUT2D eigenvalue weighted by atomic mass is 9.82. The molecule has 3 aliphatic carbocycles. The Hall–Kier alpha value is -1.32. The first-order chi connectivity index (χ1) is 9.49. The Balaban J connectivity index is 1.81. The van der Waals surface area contributed by atoms with Crippen molar-refractivity contribution in [1.29, 1.82) is 0 Å². The van der Waals surface area contributed by atoms with E-state index in [2.05, 4.69) is 19.9 Å². The van der Waals surface area contributed by atoms with Gasteiger partial charge in [0, 0.05) is 12.6 Å². The third-order valence-electron chi connectivity index (χ3n) is 4.86. The molecule has 1 amide bonds. The number of amides is 1. The van der Waals surface area contributed by atoms with E-state index in [0.717, 1.165) is 25.8 Å². The molecule has 0 aromatic heterocycles. The molecule has 2 fully saturated rings. The maximum Gasteiger partial charge on any atom is 0.307 e. The average molecular weight is 277 g/mol. The van der Waals surface area contributed by atoms with Crippen LogP contribution in [-0.2, 0) is 9.59 Å². The van der Waals surface area contributed by atoms with Gasteiger partial charge in [0.25, 0.3) is 0 Å². The molecular formula is C16H23NO3. The number of rotatable bonds is 5. The number of allylic oxidation sites excluding steroid dienone is 2. The Kier molecular flexibility index (Phi) is 3.35. The Morgan fingerprint density at radius 3 is 2.30 bits per heavy atom. The fourth-order valence-corrected chi connectivity index (χ4v) is 3.89. The molecular weight excluding hydrogens is 254 g/mol. The summed E-state index contributed by atoms with van der Waals surface area (Å²) in [5.74, 6) is -0.927. The first-order valence-electron chi connectivity index (χ1n) is 7.70. The van der Waals surface area contributed by atoms with Crippen LogP contribution in [0, 0.1) is 29.6 Å². The first-order valence-corrected chi connectivity index (χ1v) is 7.70. The maximum atomic E-state index is 12.9. The first kappa shape index (κ1) is 13.7. The molecule has 110 valence electrons. The minimum absolute atomic E-state index is 0.0616. The fraction of sp³-hybridized carbons (Fsp3) is 0.750. The lowest BCUT2D eigenvalue weighted by Gasteiger charge is -2.32. The molecule has 4 unspecified atom stereocenters. The number of fused-ring (bicyclic) bond motifs is 2. The van der Waals surface area contributed by atoms with Gasteiger partial charge >= 0.3 is 5.97 Å². The van der Waals surface area contributed by atoms with Crippen molar-refractivity contribution in [3.05, 3.63) is 12.2 Å². The Labute approximate surface area is 119 Å². The molecule has 0 heterocycles. The summed E-state index contributed by atoms with van der Waals surface area (Å²) in [7, 11) is 0. The van der Waals surface area contributed by atoms with Crippen LogP contribution in [0.4, 0.5) is 0 Å². The smallest absolute Gasteiger partial charge is 0.307 e. The minimum Gasteiger partial charge on any atom is -0.481 e. The summed E-state index contributed by atoms with van der Waals surface area (Å²) in [5.41, 5.74) is 0. The number of nitrogens with zero attached hydrogens (tertiary/aromatic N) is 1. The van der Waals surface area contributed by atoms with Gasteiger partial charge in [-0.3, -0.25) is 9.59 Å². The van der Waals surface area contributed by atoms with Crippen molar-refractivity contribution in [2.75, 3.05) is 6.54 Å². The number of carboxylic acids is 1. The molecule has 2 bridgehead atoms. The monoisotopic (exact) mass is 277 g/mol. The molecule has 1 N–H and O–H groups in total. The van der Waals surface area contributed by atoms with Gasteiger partial charge in [0.1, 0.15) is 0 Å². The third-order valence-corrected chi connectivity index (χ3v) is 4.86. The standard InChI is InChI=1S/C16H23NO3/c1-9(2)8-17(12-5-6-12)15(18)13-10-3-4-11(7-10)14(13)16(19)20/h3-4,9-14H,5-8H2,1-2H3,(H,19,20). The van der Waals surface area contributed by atoms with E-state index >= 15 is 0 Å². The van der Waals surface area contributed by atoms with Gasteiger partial charge in [0.15, 0.2) is 0 Å². The summed E-state index contributed by atoms with van der Waals surface area (Å²) < 4.78 is 0. The highest BCUT2D eigenvalue weighted by Gasteiger charge is 2.53. The Bertz CT molecular complexity index is 453. The quantitative estimate of drug-likeness (QED) is 0.783. The minimum atomic E-state index is -0.805. The molecule has 4 heteroatoms. The number of aliphatic carboxylic acids is 1. The van der Waals surface area contributed by atoms with E-state index in [1.165, 1.54) is 0 Å². The predicted octanol–water partition coefficient (Wildman–Crippen LogP) is 2.16. The average Bonchev–Trinajstić information content (AvgIpc) is 3.01. The van der Waals surface area contributed by atoms with Crippen LogP contribution >= 0.6 is 0 Å². The molecule has 2 saturated carbocycles. The fourth-order valence-electron chi connectivity index (χ4n) is 3.89. The van der Waals surface area contributed by atoms with Crippen LogP contribution in [-0.4, -0.2) is 34.5 Å². The van der Waals surface area contributed by atoms with Crippen molar-refractivity contribution < 1.29 is 14.7 Å². The Morgan fingerprint density at radius 2 is 1.80 bits per heavy atom. The van der Waals surface area contributed by atoms with Crippen molar-refractivity contribution in [3.8, 4) is 0 Å². The molecule has 3 aliphatic rings. The van der Waals surface area contributed by atoms with E-state index in [-0.39, 0.29) is 23.7 Å². The van der Waals surface area contributed by atoms with Gasteiger partial charge in [-0.25, -0.2) is 0 Å². The number of carbonyl (C=O) groups excluding carboxylic acids is 1. The molecule has 0 aliphatic heterocycles. The van der Waals surface area contributed by atoms with Gasteiger partial charge in [-0.2, -0.15) is 0 Å². The van der Waals surface area contributed by atoms with Crippen molar-refractivity contribution in [1.82, 2.24) is 4.90 Å². The van der Waals surface area contributed by atoms with Crippen LogP contribution in [0.25, 0.3) is 0 Å². The highest BCUT2D eigenvalue weighted by molar-refractivity contribution is 5.87. The molecule has 4 nitrogen and oxygen atoms in total. The van der Waals surface area contributed by atoms with Gasteiger partial charge in [-0.15, -0.1) is 0 Å². The molecule has 4 atom stereocenters. The SMILES string of the molecule is CC(C)CN(C(=O)C1C2C=CC(C2)C1C(=O)O)C1CC1. The number of hydrogen-bond donors (Lipinski definition) is 1. The predicted molar refractivity (Wildman–Crippen MR) is 74.9 cm³/mol. The van der Waals surface area contributed by atoms with Gasteiger partial charge in [0.05, 0.1) is 11.8 Å². The highest BCUT2D eigenvalue weighted by atomic mass is 16.4. The van der Waals surface area contributed by atoms with Gasteiger partial charge in [0.2, 0.25) is 5.91 Å². The Morgan fingerprint density at radius 1 is 1.20 bits per heavy atom. The summed E-state index contributed by atoms with van der Waals surface area (Å²) in [5, 5.41) is 9.47. The highest BCUT2D eigenvalue weighted by Crippen LogP contribution is 2.49. The molecule has 20 heavy (non-hydrogen) atoms. The third kappa shape index (κ3) is 2.25. The van der Waals surface area contributed by atoms with Crippen LogP contribution in [0.5, 0.6) is 0 Å². The second kappa shape index (κ2) is 4.90. The van der Waals surface area contributed by atoms with E-state index in [9.17, 15) is 14.7 Å². The second-order valence-electron chi connectivity index (χ2n) is 6.95. The lowest BCUT2D eigenvalue weighted by molar-refractivity contribution is -0.151. The van der Waals surface area contributed by atoms with Crippen molar-refractivity contribution >= 4 is 11.9 Å². The van der Waals surface area contributed by atoms with Crippen LogP contribution < -0.4 is 0 Å². The van der Waals surface area contributed by atoms with Gasteiger partial charge < -0.3 is 10.0 Å². The molecule has 0 aromatic rings. The summed E-state index contributed by atoms with van der Waals surface area (Å²) in [6.07, 6.45) is 7.05.